The fraction of sp³-hybridized carbons (Fsp3) is 0.533. The summed E-state index contributed by atoms with van der Waals surface area (Å²) in [6.07, 6.45) is 1.46. The molecule has 61 heavy (non-hydrogen) atoms. The number of likely N-dealkylation sites (N-methyl/N-ethyl adjacent to an activating group) is 1. The van der Waals surface area contributed by atoms with Crippen LogP contribution in [0.4, 0.5) is 0 Å². The van der Waals surface area contributed by atoms with Crippen molar-refractivity contribution in [1.29, 1.82) is 0 Å². The van der Waals surface area contributed by atoms with E-state index in [1.54, 1.807) is 19.2 Å². The number of nitrogens with zero attached hydrogens (tertiary/aromatic N) is 2. The van der Waals surface area contributed by atoms with Gasteiger partial charge in [-0.25, -0.2) is 4.79 Å². The van der Waals surface area contributed by atoms with Gasteiger partial charge in [0.25, 0.3) is 0 Å². The molecule has 7 heterocycles. The fourth-order valence-electron chi connectivity index (χ4n) is 10.7. The average molecular weight is 860 g/mol. The number of hydrogen-bond donors (Lipinski definition) is 3. The van der Waals surface area contributed by atoms with E-state index >= 15 is 0 Å². The van der Waals surface area contributed by atoms with Crippen LogP contribution in [-0.2, 0) is 37.5 Å². The van der Waals surface area contributed by atoms with Gasteiger partial charge in [-0.2, -0.15) is 0 Å². The summed E-state index contributed by atoms with van der Waals surface area (Å²) < 4.78 is 43.2. The third-order valence-electron chi connectivity index (χ3n) is 13.3. The molecule has 2 saturated heterocycles. The molecule has 16 heteroatoms. The maximum Gasteiger partial charge on any atom is 0.331 e. The molecule has 7 aliphatic rings. The maximum absolute atomic E-state index is 14.9. The molecule has 15 nitrogen and oxygen atoms in total. The minimum atomic E-state index is -1.39. The zero-order valence-electron chi connectivity index (χ0n) is 35.5. The van der Waals surface area contributed by atoms with Crippen molar-refractivity contribution in [3.05, 3.63) is 62.7 Å². The Hall–Kier alpha value is -4.74. The number of aromatic hydroxyl groups is 1. The number of rotatable bonds is 8. The molecule has 0 radical (unpaired) electrons. The van der Waals surface area contributed by atoms with Gasteiger partial charge in [0.15, 0.2) is 40.0 Å². The van der Waals surface area contributed by atoms with Gasteiger partial charge in [0.05, 0.1) is 37.6 Å². The van der Waals surface area contributed by atoms with Gasteiger partial charge >= 0.3 is 17.9 Å². The van der Waals surface area contributed by atoms with E-state index in [1.807, 2.05) is 39.6 Å². The summed E-state index contributed by atoms with van der Waals surface area (Å²) in [5.74, 6) is 1.02. The Morgan fingerprint density at radius 2 is 1.66 bits per heavy atom. The monoisotopic (exact) mass is 859 g/mol. The second-order valence-corrected chi connectivity index (χ2v) is 17.9. The number of ether oxygens (including phenoxy) is 7. The average Bonchev–Trinajstić information content (AvgIpc) is 3.73. The normalized spacial score (nSPS) is 27.3. The van der Waals surface area contributed by atoms with E-state index in [0.717, 1.165) is 22.3 Å². The number of hydrogen-bond acceptors (Lipinski definition) is 16. The number of aliphatic hydroxyl groups excluding tert-OH is 1. The van der Waals surface area contributed by atoms with Crippen LogP contribution in [0.25, 0.3) is 0 Å². The van der Waals surface area contributed by atoms with Gasteiger partial charge in [0.2, 0.25) is 6.79 Å². The first kappa shape index (κ1) is 41.6. The number of carbonyl (C=O) groups is 3. The van der Waals surface area contributed by atoms with Crippen molar-refractivity contribution < 1.29 is 57.8 Å². The van der Waals surface area contributed by atoms with Gasteiger partial charge in [-0.15, -0.1) is 11.8 Å². The van der Waals surface area contributed by atoms with Crippen LogP contribution >= 0.6 is 11.8 Å². The Balaban J connectivity index is 1.32. The maximum atomic E-state index is 14.9. The van der Waals surface area contributed by atoms with Crippen molar-refractivity contribution in [3.8, 4) is 40.2 Å². The number of piperazine rings is 1. The van der Waals surface area contributed by atoms with Crippen LogP contribution in [0.3, 0.4) is 0 Å². The number of benzene rings is 3. The Morgan fingerprint density at radius 3 is 2.36 bits per heavy atom. The number of esters is 3. The summed E-state index contributed by atoms with van der Waals surface area (Å²) in [5.41, 5.74) is 4.42. The highest BCUT2D eigenvalue weighted by molar-refractivity contribution is 7.99. The van der Waals surface area contributed by atoms with Crippen LogP contribution in [0.5, 0.6) is 40.2 Å². The predicted molar refractivity (Wildman–Crippen MR) is 223 cm³/mol. The van der Waals surface area contributed by atoms with E-state index in [-0.39, 0.29) is 49.5 Å². The highest BCUT2D eigenvalue weighted by atomic mass is 32.2. The lowest BCUT2D eigenvalue weighted by Crippen LogP contribution is -2.70. The summed E-state index contributed by atoms with van der Waals surface area (Å²) >= 11 is 1.48. The lowest BCUT2D eigenvalue weighted by Gasteiger charge is -2.62. The SMILES string of the molecule is CCCC(=O)Oc1c(C)c2c(c3c1[C@H]1SC[C@]4(NCCc5cc(O)c(OC)cc54)C(=O)OC[C@H]3N3C1[C@H]1c4c(cc(C)c(OC)c4OC(=O)CCC)C[C@H]([C@@H]3O)N1C)OCO2. The Kier molecular flexibility index (Phi) is 10.8. The van der Waals surface area contributed by atoms with Gasteiger partial charge in [0.1, 0.15) is 18.6 Å². The second-order valence-electron chi connectivity index (χ2n) is 16.8. The number of methoxy groups -OCH3 is 2. The number of phenolic OH excluding ortho intramolecular Hbond substituents is 1. The Bertz CT molecular complexity index is 2320. The molecule has 3 aromatic rings. The first-order valence-corrected chi connectivity index (χ1v) is 22.1. The van der Waals surface area contributed by atoms with Crippen molar-refractivity contribution in [2.45, 2.75) is 107 Å². The molecule has 7 atom stereocenters. The molecular formula is C45H53N3O12S. The molecule has 1 unspecified atom stereocenters. The zero-order valence-corrected chi connectivity index (χ0v) is 36.4. The Labute approximate surface area is 358 Å². The molecule has 326 valence electrons. The molecule has 3 aromatic carbocycles. The molecule has 2 fully saturated rings. The van der Waals surface area contributed by atoms with Crippen LogP contribution in [0.15, 0.2) is 18.2 Å². The van der Waals surface area contributed by atoms with E-state index in [2.05, 4.69) is 16.3 Å². The largest absolute Gasteiger partial charge is 0.504 e. The number of carbonyl (C=O) groups excluding carboxylic acids is 3. The van der Waals surface area contributed by atoms with Crippen molar-refractivity contribution in [1.82, 2.24) is 15.1 Å². The zero-order chi connectivity index (χ0) is 43.1. The number of aryl methyl sites for hydroxylation is 1. The number of phenols is 1. The van der Waals surface area contributed by atoms with E-state index in [4.69, 9.17) is 33.2 Å². The molecule has 7 aliphatic heterocycles. The minimum Gasteiger partial charge on any atom is -0.504 e. The van der Waals surface area contributed by atoms with Crippen LogP contribution in [0, 0.1) is 13.8 Å². The van der Waals surface area contributed by atoms with Crippen molar-refractivity contribution in [2.24, 2.45) is 0 Å². The molecule has 3 N–H and O–H groups in total. The molecule has 0 saturated carbocycles. The standard InChI is InChI=1S/C45H53N3O12S/c1-8-10-30(50)59-38-22(4)39-40(58-20-57-39)33-27-18-56-44(53)45(25-17-29(54-6)28(49)16-23(25)12-13-46-45)19-61-42(34(33)38)36-35-32-24(15-26(47(35)5)43(52)48(27)36)14-21(3)37(55-7)41(32)60-31(51)11-9-2/h14,16-17,26-27,35-36,42-43,46,49,52H,8-13,15,18-20H2,1-7H3/t26-,27-,35-,36?,42-,43+,45-/m1/s1. The smallest absolute Gasteiger partial charge is 0.331 e. The minimum absolute atomic E-state index is 0.0289. The van der Waals surface area contributed by atoms with Gasteiger partial charge < -0.3 is 43.4 Å². The summed E-state index contributed by atoms with van der Waals surface area (Å²) in [4.78, 5) is 46.2. The fourth-order valence-corrected chi connectivity index (χ4v) is 12.4. The molecule has 0 aliphatic carbocycles. The summed E-state index contributed by atoms with van der Waals surface area (Å²) in [5, 5.41) is 26.6. The van der Waals surface area contributed by atoms with E-state index in [0.29, 0.717) is 83.2 Å². The van der Waals surface area contributed by atoms with Crippen LogP contribution in [-0.4, -0.2) is 103 Å². The molecule has 10 rings (SSSR count). The number of fused-ring (bicyclic) bond motifs is 9. The van der Waals surface area contributed by atoms with Crippen LogP contribution in [0.2, 0.25) is 0 Å². The third kappa shape index (κ3) is 6.34. The highest BCUT2D eigenvalue weighted by Gasteiger charge is 2.61. The van der Waals surface area contributed by atoms with E-state index in [9.17, 15) is 24.6 Å². The summed E-state index contributed by atoms with van der Waals surface area (Å²) in [6.45, 7) is 7.75. The lowest BCUT2D eigenvalue weighted by molar-refractivity contribution is -0.186. The number of aliphatic hydroxyl groups is 1. The first-order valence-electron chi connectivity index (χ1n) is 21.1. The third-order valence-corrected chi connectivity index (χ3v) is 14.8. The molecule has 1 spiro atoms. The van der Waals surface area contributed by atoms with Gasteiger partial charge in [-0.3, -0.25) is 24.7 Å². The Morgan fingerprint density at radius 1 is 0.934 bits per heavy atom. The molecule has 0 amide bonds. The van der Waals surface area contributed by atoms with E-state index in [1.165, 1.54) is 18.9 Å². The first-order chi connectivity index (χ1) is 29.4. The predicted octanol–water partition coefficient (Wildman–Crippen LogP) is 5.19. The highest BCUT2D eigenvalue weighted by Crippen LogP contribution is 2.64. The van der Waals surface area contributed by atoms with E-state index < -0.39 is 53.1 Å². The van der Waals surface area contributed by atoms with Crippen molar-refractivity contribution >= 4 is 29.7 Å². The second kappa shape index (κ2) is 15.9. The van der Waals surface area contributed by atoms with Gasteiger partial charge in [0, 0.05) is 53.4 Å². The topological polar surface area (TPSA) is 175 Å². The summed E-state index contributed by atoms with van der Waals surface area (Å²) in [6, 6.07) is 3.03. The lowest BCUT2D eigenvalue weighted by atomic mass is 9.73. The van der Waals surface area contributed by atoms with Gasteiger partial charge in [-0.1, -0.05) is 19.9 Å². The number of thioether (sulfide) groups is 1. The molecular weight excluding hydrogens is 807 g/mol. The number of nitrogens with one attached hydrogen (secondary N) is 1. The van der Waals surface area contributed by atoms with Crippen molar-refractivity contribution in [2.75, 3.05) is 47.0 Å². The molecule has 4 bridgehead atoms. The van der Waals surface area contributed by atoms with Crippen LogP contribution in [0.1, 0.15) is 101 Å². The summed E-state index contributed by atoms with van der Waals surface area (Å²) in [7, 11) is 5.01. The van der Waals surface area contributed by atoms with Crippen LogP contribution < -0.4 is 33.7 Å². The van der Waals surface area contributed by atoms with Crippen molar-refractivity contribution in [3.63, 3.8) is 0 Å². The molecule has 0 aromatic heterocycles. The quantitative estimate of drug-likeness (QED) is 0.199. The van der Waals surface area contributed by atoms with Gasteiger partial charge in [-0.05, 0) is 81.0 Å².